The van der Waals surface area contributed by atoms with E-state index in [1.54, 1.807) is 0 Å². The van der Waals surface area contributed by atoms with Crippen LogP contribution in [0.3, 0.4) is 0 Å². The Balaban J connectivity index is 2.85. The van der Waals surface area contributed by atoms with Crippen LogP contribution in [0.1, 0.15) is 33.1 Å². The molecule has 0 aliphatic heterocycles. The van der Waals surface area contributed by atoms with Crippen molar-refractivity contribution >= 4 is 6.29 Å². The summed E-state index contributed by atoms with van der Waals surface area (Å²) in [5.41, 5.74) is 0. The van der Waals surface area contributed by atoms with Crippen LogP contribution < -0.4 is 5.32 Å². The van der Waals surface area contributed by atoms with Crippen LogP contribution in [0.5, 0.6) is 0 Å². The highest BCUT2D eigenvalue weighted by atomic mass is 16.1. The quantitative estimate of drug-likeness (QED) is 0.566. The summed E-state index contributed by atoms with van der Waals surface area (Å²) in [6.07, 6.45) is 4.53. The number of rotatable bonds is 7. The lowest BCUT2D eigenvalue weighted by Gasteiger charge is -2.05. The van der Waals surface area contributed by atoms with Gasteiger partial charge in [0.25, 0.3) is 0 Å². The molecule has 0 heterocycles. The molecule has 0 saturated carbocycles. The predicted octanol–water partition coefficient (Wildman–Crippen LogP) is 1.51. The highest BCUT2D eigenvalue weighted by molar-refractivity contribution is 5.50. The molecule has 0 bridgehead atoms. The number of unbranched alkanes of at least 4 members (excludes halogenated alkanes) is 2. The first-order chi connectivity index (χ1) is 5.27. The molecule has 2 heteroatoms. The molecule has 0 aliphatic rings. The van der Waals surface area contributed by atoms with Gasteiger partial charge in [0.2, 0.25) is 0 Å². The number of nitrogens with one attached hydrogen (secondary N) is 1. The summed E-state index contributed by atoms with van der Waals surface area (Å²) >= 11 is 0. The molecule has 0 aliphatic carbocycles. The number of hydrogen-bond donors (Lipinski definition) is 1. The van der Waals surface area contributed by atoms with Gasteiger partial charge in [0, 0.05) is 6.42 Å². The lowest BCUT2D eigenvalue weighted by Crippen LogP contribution is -2.20. The molecule has 0 aromatic heterocycles. The van der Waals surface area contributed by atoms with E-state index < -0.39 is 0 Å². The first-order valence-corrected chi connectivity index (χ1v) is 4.33. The fourth-order valence-electron chi connectivity index (χ4n) is 0.838. The third kappa shape index (κ3) is 9.63. The first kappa shape index (κ1) is 10.6. The zero-order chi connectivity index (χ0) is 8.53. The molecule has 0 atom stereocenters. The van der Waals surface area contributed by atoms with Crippen LogP contribution in [0.2, 0.25) is 0 Å². The van der Waals surface area contributed by atoms with Crippen molar-refractivity contribution in [1.29, 1.82) is 0 Å². The molecule has 0 amide bonds. The Bertz CT molecular complexity index is 91.6. The fraction of sp³-hybridized carbons (Fsp3) is 0.889. The summed E-state index contributed by atoms with van der Waals surface area (Å²) < 4.78 is 0. The second-order valence-electron chi connectivity index (χ2n) is 3.20. The minimum absolute atomic E-state index is 0.587. The summed E-state index contributed by atoms with van der Waals surface area (Å²) in [4.78, 5) is 9.80. The van der Waals surface area contributed by atoms with E-state index in [-0.39, 0.29) is 0 Å². The second kappa shape index (κ2) is 7.73. The van der Waals surface area contributed by atoms with Crippen molar-refractivity contribution in [2.24, 2.45) is 5.92 Å². The average Bonchev–Trinajstić information content (AvgIpc) is 1.96. The molecular formula is C9H18NO. The third-order valence-electron chi connectivity index (χ3n) is 1.43. The molecule has 0 rings (SSSR count). The molecule has 65 valence electrons. The molecule has 0 fully saturated rings. The number of carbonyl (C=O) groups excluding carboxylic acids is 1. The van der Waals surface area contributed by atoms with Gasteiger partial charge in [-0.25, -0.2) is 0 Å². The van der Waals surface area contributed by atoms with E-state index in [2.05, 4.69) is 19.2 Å². The van der Waals surface area contributed by atoms with Crippen LogP contribution in [0.15, 0.2) is 0 Å². The van der Waals surface area contributed by atoms with E-state index >= 15 is 0 Å². The molecule has 0 aromatic carbocycles. The average molecular weight is 156 g/mol. The van der Waals surface area contributed by atoms with Crippen LogP contribution in [-0.2, 0) is 4.79 Å². The van der Waals surface area contributed by atoms with Crippen molar-refractivity contribution in [3.8, 4) is 0 Å². The van der Waals surface area contributed by atoms with Crippen molar-refractivity contribution in [1.82, 2.24) is 5.32 Å². The van der Waals surface area contributed by atoms with Gasteiger partial charge in [0.05, 0.1) is 0 Å². The SMILES string of the molecule is CC(C)CNCCCC[C]=O. The van der Waals surface area contributed by atoms with Gasteiger partial charge in [-0.1, -0.05) is 13.8 Å². The van der Waals surface area contributed by atoms with E-state index in [1.165, 1.54) is 0 Å². The Morgan fingerprint density at radius 2 is 2.09 bits per heavy atom. The smallest absolute Gasteiger partial charge is 0.198 e. The van der Waals surface area contributed by atoms with Crippen molar-refractivity contribution in [3.05, 3.63) is 0 Å². The predicted molar refractivity (Wildman–Crippen MR) is 47.3 cm³/mol. The summed E-state index contributed by atoms with van der Waals surface area (Å²) in [5.74, 6) is 0.715. The molecule has 0 aromatic rings. The van der Waals surface area contributed by atoms with E-state index in [4.69, 9.17) is 0 Å². The van der Waals surface area contributed by atoms with Crippen LogP contribution in [0.4, 0.5) is 0 Å². The van der Waals surface area contributed by atoms with Gasteiger partial charge >= 0.3 is 0 Å². The summed E-state index contributed by atoms with van der Waals surface area (Å²) in [5, 5.41) is 3.31. The highest BCUT2D eigenvalue weighted by Crippen LogP contribution is 1.91. The van der Waals surface area contributed by atoms with Gasteiger partial charge < -0.3 is 5.32 Å². The maximum atomic E-state index is 9.80. The van der Waals surface area contributed by atoms with E-state index in [1.807, 2.05) is 6.29 Å². The molecule has 1 radical (unpaired) electrons. The zero-order valence-electron chi connectivity index (χ0n) is 7.52. The van der Waals surface area contributed by atoms with Gasteiger partial charge in [-0.2, -0.15) is 0 Å². The van der Waals surface area contributed by atoms with Crippen molar-refractivity contribution in [2.45, 2.75) is 33.1 Å². The zero-order valence-corrected chi connectivity index (χ0v) is 7.52. The van der Waals surface area contributed by atoms with Crippen LogP contribution in [0.25, 0.3) is 0 Å². The van der Waals surface area contributed by atoms with Crippen molar-refractivity contribution < 1.29 is 4.79 Å². The monoisotopic (exact) mass is 156 g/mol. The molecular weight excluding hydrogens is 138 g/mol. The highest BCUT2D eigenvalue weighted by Gasteiger charge is 1.92. The normalized spacial score (nSPS) is 10.5. The summed E-state index contributed by atoms with van der Waals surface area (Å²) in [7, 11) is 0. The van der Waals surface area contributed by atoms with E-state index in [9.17, 15) is 4.79 Å². The Hall–Kier alpha value is -0.370. The Morgan fingerprint density at radius 1 is 1.36 bits per heavy atom. The minimum Gasteiger partial charge on any atom is -0.316 e. The maximum Gasteiger partial charge on any atom is 0.198 e. The van der Waals surface area contributed by atoms with E-state index in [0.29, 0.717) is 12.3 Å². The topological polar surface area (TPSA) is 29.1 Å². The molecule has 0 unspecified atom stereocenters. The van der Waals surface area contributed by atoms with Crippen LogP contribution in [0, 0.1) is 5.92 Å². The van der Waals surface area contributed by atoms with Gasteiger partial charge in [0.15, 0.2) is 6.29 Å². The largest absolute Gasteiger partial charge is 0.316 e. The number of hydrogen-bond acceptors (Lipinski definition) is 2. The first-order valence-electron chi connectivity index (χ1n) is 4.33. The summed E-state index contributed by atoms with van der Waals surface area (Å²) in [6, 6.07) is 0. The lowest BCUT2D eigenvalue weighted by molar-refractivity contribution is 0.526. The second-order valence-corrected chi connectivity index (χ2v) is 3.20. The van der Waals surface area contributed by atoms with Gasteiger partial charge in [-0.05, 0) is 31.8 Å². The third-order valence-corrected chi connectivity index (χ3v) is 1.43. The standard InChI is InChI=1S/C9H18NO/c1-9(2)8-10-6-4-3-5-7-11/h9-10H,3-6,8H2,1-2H3. The Labute approximate surface area is 69.4 Å². The maximum absolute atomic E-state index is 9.80. The molecule has 2 nitrogen and oxygen atoms in total. The van der Waals surface area contributed by atoms with Gasteiger partial charge in [0.1, 0.15) is 0 Å². The fourth-order valence-corrected chi connectivity index (χ4v) is 0.838. The molecule has 0 spiro atoms. The molecule has 11 heavy (non-hydrogen) atoms. The van der Waals surface area contributed by atoms with Gasteiger partial charge in [-0.15, -0.1) is 0 Å². The van der Waals surface area contributed by atoms with Crippen molar-refractivity contribution in [3.63, 3.8) is 0 Å². The summed E-state index contributed by atoms with van der Waals surface area (Å²) in [6.45, 7) is 6.48. The Morgan fingerprint density at radius 3 is 2.64 bits per heavy atom. The lowest BCUT2D eigenvalue weighted by atomic mass is 10.2. The molecule has 1 N–H and O–H groups in total. The van der Waals surface area contributed by atoms with E-state index in [0.717, 1.165) is 25.9 Å². The Kier molecular flexibility index (Phi) is 7.47. The van der Waals surface area contributed by atoms with Gasteiger partial charge in [-0.3, -0.25) is 4.79 Å². The van der Waals surface area contributed by atoms with Crippen LogP contribution in [-0.4, -0.2) is 19.4 Å². The van der Waals surface area contributed by atoms with Crippen LogP contribution >= 0.6 is 0 Å². The minimum atomic E-state index is 0.587. The van der Waals surface area contributed by atoms with Crippen molar-refractivity contribution in [2.75, 3.05) is 13.1 Å². The molecule has 0 saturated heterocycles.